The van der Waals surface area contributed by atoms with Gasteiger partial charge in [0.2, 0.25) is 0 Å². The molecular formula is C16H14Cl2N2. The van der Waals surface area contributed by atoms with Gasteiger partial charge in [0, 0.05) is 28.8 Å². The lowest BCUT2D eigenvalue weighted by Crippen LogP contribution is -2.23. The highest BCUT2D eigenvalue weighted by Crippen LogP contribution is 2.24. The smallest absolute Gasteiger partial charge is 0.0640 e. The summed E-state index contributed by atoms with van der Waals surface area (Å²) < 4.78 is 0. The van der Waals surface area contributed by atoms with Gasteiger partial charge in [0.05, 0.1) is 12.5 Å². The lowest BCUT2D eigenvalue weighted by Gasteiger charge is -2.24. The molecule has 0 saturated heterocycles. The maximum Gasteiger partial charge on any atom is 0.0640 e. The van der Waals surface area contributed by atoms with Gasteiger partial charge >= 0.3 is 0 Å². The zero-order valence-corrected chi connectivity index (χ0v) is 12.4. The van der Waals surface area contributed by atoms with E-state index in [9.17, 15) is 0 Å². The molecule has 0 bridgehead atoms. The van der Waals surface area contributed by atoms with Crippen LogP contribution in [-0.4, -0.2) is 6.54 Å². The van der Waals surface area contributed by atoms with E-state index in [4.69, 9.17) is 28.5 Å². The zero-order valence-electron chi connectivity index (χ0n) is 10.9. The molecule has 102 valence electrons. The quantitative estimate of drug-likeness (QED) is 0.784. The minimum atomic E-state index is 0.465. The number of nitriles is 1. The van der Waals surface area contributed by atoms with Crippen LogP contribution in [0, 0.1) is 11.3 Å². The maximum atomic E-state index is 8.80. The molecule has 2 aromatic carbocycles. The number of benzene rings is 2. The van der Waals surface area contributed by atoms with Crippen LogP contribution >= 0.6 is 23.2 Å². The Morgan fingerprint density at radius 2 is 1.80 bits per heavy atom. The molecule has 0 aromatic heterocycles. The Kier molecular flexibility index (Phi) is 5.29. The van der Waals surface area contributed by atoms with E-state index in [-0.39, 0.29) is 0 Å². The van der Waals surface area contributed by atoms with Crippen LogP contribution in [-0.2, 0) is 6.54 Å². The van der Waals surface area contributed by atoms with Crippen LogP contribution in [0.2, 0.25) is 10.0 Å². The molecule has 0 aliphatic carbocycles. The second-order valence-electron chi connectivity index (χ2n) is 4.40. The van der Waals surface area contributed by atoms with Crippen molar-refractivity contribution >= 4 is 28.9 Å². The highest BCUT2D eigenvalue weighted by atomic mass is 35.5. The van der Waals surface area contributed by atoms with Crippen molar-refractivity contribution in [3.05, 3.63) is 64.1 Å². The fraction of sp³-hybridized carbons (Fsp3) is 0.188. The van der Waals surface area contributed by atoms with Crippen LogP contribution < -0.4 is 4.90 Å². The fourth-order valence-electron chi connectivity index (χ4n) is 1.99. The summed E-state index contributed by atoms with van der Waals surface area (Å²) in [6.07, 6.45) is 0.465. The van der Waals surface area contributed by atoms with Crippen molar-refractivity contribution in [1.82, 2.24) is 0 Å². The third-order valence-electron chi connectivity index (χ3n) is 2.98. The van der Waals surface area contributed by atoms with E-state index in [0.29, 0.717) is 29.6 Å². The Morgan fingerprint density at radius 3 is 2.50 bits per heavy atom. The molecule has 2 nitrogen and oxygen atoms in total. The Labute approximate surface area is 129 Å². The van der Waals surface area contributed by atoms with E-state index in [1.807, 2.05) is 36.4 Å². The summed E-state index contributed by atoms with van der Waals surface area (Å²) in [6, 6.07) is 17.6. The standard InChI is InChI=1S/C16H14Cl2N2/c17-14-7-8-16(18)13(11-14)12-20(10-4-9-19)15-5-2-1-3-6-15/h1-3,5-8,11H,4,10,12H2. The minimum absolute atomic E-state index is 0.465. The average molecular weight is 305 g/mol. The van der Waals surface area contributed by atoms with Crippen molar-refractivity contribution in [2.24, 2.45) is 0 Å². The van der Waals surface area contributed by atoms with Crippen molar-refractivity contribution < 1.29 is 0 Å². The maximum absolute atomic E-state index is 8.80. The first-order chi connectivity index (χ1) is 9.70. The van der Waals surface area contributed by atoms with Gasteiger partial charge in [-0.1, -0.05) is 41.4 Å². The molecule has 20 heavy (non-hydrogen) atoms. The first-order valence-electron chi connectivity index (χ1n) is 6.31. The van der Waals surface area contributed by atoms with E-state index < -0.39 is 0 Å². The minimum Gasteiger partial charge on any atom is -0.366 e. The van der Waals surface area contributed by atoms with Crippen molar-refractivity contribution in [3.63, 3.8) is 0 Å². The molecule has 4 heteroatoms. The molecule has 0 unspecified atom stereocenters. The van der Waals surface area contributed by atoms with Gasteiger partial charge in [-0.05, 0) is 35.9 Å². The largest absolute Gasteiger partial charge is 0.366 e. The molecular weight excluding hydrogens is 291 g/mol. The Hall–Kier alpha value is -1.69. The molecule has 0 atom stereocenters. The molecule has 0 saturated carbocycles. The zero-order chi connectivity index (χ0) is 14.4. The van der Waals surface area contributed by atoms with Gasteiger partial charge in [0.25, 0.3) is 0 Å². The van der Waals surface area contributed by atoms with Crippen LogP contribution in [0.25, 0.3) is 0 Å². The molecule has 0 aliphatic rings. The van der Waals surface area contributed by atoms with Crippen molar-refractivity contribution in [2.45, 2.75) is 13.0 Å². The molecule has 0 amide bonds. The van der Waals surface area contributed by atoms with Gasteiger partial charge in [0.1, 0.15) is 0 Å². The number of halogens is 2. The highest BCUT2D eigenvalue weighted by molar-refractivity contribution is 6.33. The monoisotopic (exact) mass is 304 g/mol. The van der Waals surface area contributed by atoms with Crippen molar-refractivity contribution in [3.8, 4) is 6.07 Å². The lowest BCUT2D eigenvalue weighted by atomic mass is 10.2. The van der Waals surface area contributed by atoms with E-state index in [1.54, 1.807) is 12.1 Å². The van der Waals surface area contributed by atoms with Gasteiger partial charge < -0.3 is 4.90 Å². The summed E-state index contributed by atoms with van der Waals surface area (Å²) in [5.41, 5.74) is 2.03. The normalized spacial score (nSPS) is 10.1. The molecule has 0 radical (unpaired) electrons. The number of hydrogen-bond acceptors (Lipinski definition) is 2. The number of para-hydroxylation sites is 1. The third kappa shape index (κ3) is 3.90. The second-order valence-corrected chi connectivity index (χ2v) is 5.24. The first-order valence-corrected chi connectivity index (χ1v) is 7.07. The van der Waals surface area contributed by atoms with Crippen LogP contribution in [0.1, 0.15) is 12.0 Å². The van der Waals surface area contributed by atoms with Crippen LogP contribution in [0.15, 0.2) is 48.5 Å². The van der Waals surface area contributed by atoms with E-state index in [2.05, 4.69) is 11.0 Å². The van der Waals surface area contributed by atoms with Gasteiger partial charge in [0.15, 0.2) is 0 Å². The average Bonchev–Trinajstić information content (AvgIpc) is 2.48. The molecule has 0 N–H and O–H groups in total. The Balaban J connectivity index is 2.24. The predicted molar refractivity (Wildman–Crippen MR) is 84.2 cm³/mol. The van der Waals surface area contributed by atoms with Crippen LogP contribution in [0.5, 0.6) is 0 Å². The summed E-state index contributed by atoms with van der Waals surface area (Å²) >= 11 is 12.2. The Bertz CT molecular complexity index is 606. The fourth-order valence-corrected chi connectivity index (χ4v) is 2.37. The van der Waals surface area contributed by atoms with Gasteiger partial charge in [-0.3, -0.25) is 0 Å². The summed E-state index contributed by atoms with van der Waals surface area (Å²) in [7, 11) is 0. The number of nitrogens with zero attached hydrogens (tertiary/aromatic N) is 2. The predicted octanol–water partition coefficient (Wildman–Crippen LogP) is 4.91. The van der Waals surface area contributed by atoms with Crippen molar-refractivity contribution in [1.29, 1.82) is 5.26 Å². The summed E-state index contributed by atoms with van der Waals surface area (Å²) in [5.74, 6) is 0. The number of hydrogen-bond donors (Lipinski definition) is 0. The third-order valence-corrected chi connectivity index (χ3v) is 3.59. The summed E-state index contributed by atoms with van der Waals surface area (Å²) in [6.45, 7) is 1.29. The SMILES string of the molecule is N#CCCN(Cc1cc(Cl)ccc1Cl)c1ccccc1. The molecule has 2 aromatic rings. The van der Waals surface area contributed by atoms with E-state index in [1.165, 1.54) is 0 Å². The molecule has 2 rings (SSSR count). The Morgan fingerprint density at radius 1 is 1.05 bits per heavy atom. The van der Waals surface area contributed by atoms with Gasteiger partial charge in [-0.2, -0.15) is 5.26 Å². The summed E-state index contributed by atoms with van der Waals surface area (Å²) in [4.78, 5) is 2.13. The van der Waals surface area contributed by atoms with Crippen LogP contribution in [0.3, 0.4) is 0 Å². The van der Waals surface area contributed by atoms with E-state index >= 15 is 0 Å². The molecule has 0 fully saturated rings. The topological polar surface area (TPSA) is 27.0 Å². The number of rotatable bonds is 5. The van der Waals surface area contributed by atoms with Crippen LogP contribution in [0.4, 0.5) is 5.69 Å². The second kappa shape index (κ2) is 7.19. The molecule has 0 spiro atoms. The summed E-state index contributed by atoms with van der Waals surface area (Å²) in [5, 5.41) is 10.2. The van der Waals surface area contributed by atoms with Crippen molar-refractivity contribution in [2.75, 3.05) is 11.4 Å². The highest BCUT2D eigenvalue weighted by Gasteiger charge is 2.10. The van der Waals surface area contributed by atoms with Gasteiger partial charge in [-0.25, -0.2) is 0 Å². The first kappa shape index (κ1) is 14.7. The molecule has 0 aliphatic heterocycles. The lowest BCUT2D eigenvalue weighted by molar-refractivity contribution is 0.798. The van der Waals surface area contributed by atoms with Gasteiger partial charge in [-0.15, -0.1) is 0 Å². The number of anilines is 1. The molecule has 0 heterocycles. The van der Waals surface area contributed by atoms with E-state index in [0.717, 1.165) is 11.3 Å².